The average molecular weight is 226 g/mol. The van der Waals surface area contributed by atoms with Gasteiger partial charge in [0.15, 0.2) is 0 Å². The Morgan fingerprint density at radius 3 is 2.50 bits per heavy atom. The Morgan fingerprint density at radius 2 is 1.88 bits per heavy atom. The molecule has 1 heterocycles. The number of rotatable bonds is 2. The van der Waals surface area contributed by atoms with Crippen molar-refractivity contribution < 1.29 is 0 Å². The Bertz CT molecular complexity index is 508. The molecule has 16 heavy (non-hydrogen) atoms. The van der Waals surface area contributed by atoms with E-state index in [2.05, 4.69) is 60.2 Å². The lowest BCUT2D eigenvalue weighted by atomic mass is 9.67. The summed E-state index contributed by atoms with van der Waals surface area (Å²) in [5.74, 6) is 0. The maximum Gasteiger partial charge on any atom is 0.0150 e. The quantitative estimate of drug-likeness (QED) is 0.707. The summed E-state index contributed by atoms with van der Waals surface area (Å²) in [4.78, 5) is 0. The van der Waals surface area contributed by atoms with E-state index in [-0.39, 0.29) is 5.41 Å². The van der Waals surface area contributed by atoms with E-state index in [1.165, 1.54) is 16.7 Å². The van der Waals surface area contributed by atoms with Crippen molar-refractivity contribution in [2.45, 2.75) is 18.8 Å². The number of thiophene rings is 1. The van der Waals surface area contributed by atoms with Gasteiger partial charge in [0.1, 0.15) is 0 Å². The highest BCUT2D eigenvalue weighted by molar-refractivity contribution is 7.08. The molecule has 0 saturated carbocycles. The Balaban J connectivity index is 1.91. The topological polar surface area (TPSA) is 0 Å². The van der Waals surface area contributed by atoms with Gasteiger partial charge in [0.25, 0.3) is 0 Å². The van der Waals surface area contributed by atoms with E-state index in [0.717, 1.165) is 6.42 Å². The fourth-order valence-electron chi connectivity index (χ4n) is 2.39. The Morgan fingerprint density at radius 1 is 1.12 bits per heavy atom. The van der Waals surface area contributed by atoms with Crippen molar-refractivity contribution in [1.29, 1.82) is 0 Å². The van der Waals surface area contributed by atoms with Gasteiger partial charge in [-0.2, -0.15) is 11.3 Å². The molecule has 1 aromatic carbocycles. The van der Waals surface area contributed by atoms with Crippen molar-refractivity contribution in [2.24, 2.45) is 0 Å². The molecule has 0 bridgehead atoms. The lowest BCUT2D eigenvalue weighted by molar-refractivity contribution is 0.570. The molecule has 0 spiro atoms. The Hall–Kier alpha value is -1.34. The smallest absolute Gasteiger partial charge is 0.0150 e. The molecule has 0 radical (unpaired) electrons. The summed E-state index contributed by atoms with van der Waals surface area (Å²) in [7, 11) is 0. The zero-order chi connectivity index (χ0) is 11.0. The van der Waals surface area contributed by atoms with E-state index in [1.807, 2.05) is 0 Å². The summed E-state index contributed by atoms with van der Waals surface area (Å²) >= 11 is 1.77. The third-order valence-electron chi connectivity index (χ3n) is 3.38. The summed E-state index contributed by atoms with van der Waals surface area (Å²) < 4.78 is 0. The molecule has 1 aliphatic rings. The maximum atomic E-state index is 2.41. The second-order valence-corrected chi connectivity index (χ2v) is 5.42. The minimum atomic E-state index is 0.249. The molecule has 0 fully saturated rings. The first-order valence-corrected chi connectivity index (χ1v) is 6.52. The Labute approximate surface area is 100 Å². The molecular weight excluding hydrogens is 212 g/mol. The van der Waals surface area contributed by atoms with Gasteiger partial charge in [0.2, 0.25) is 0 Å². The lowest BCUT2D eigenvalue weighted by Gasteiger charge is -2.37. The van der Waals surface area contributed by atoms with Crippen LogP contribution in [0.3, 0.4) is 0 Å². The molecule has 0 amide bonds. The maximum absolute atomic E-state index is 2.41. The van der Waals surface area contributed by atoms with Gasteiger partial charge in [-0.25, -0.2) is 0 Å². The summed E-state index contributed by atoms with van der Waals surface area (Å²) in [6.45, 7) is 2.32. The second kappa shape index (κ2) is 3.60. The standard InChI is InChI=1S/C15H14S/c1-15(14-5-3-2-4-6-14)9-13(10-15)12-7-8-16-11-12/h2-9,11H,10H2,1H3/t15-/m0/s1. The molecule has 80 valence electrons. The molecule has 1 aromatic heterocycles. The minimum Gasteiger partial charge on any atom is -0.152 e. The highest BCUT2D eigenvalue weighted by Gasteiger charge is 2.33. The first-order valence-electron chi connectivity index (χ1n) is 5.58. The van der Waals surface area contributed by atoms with Gasteiger partial charge in [-0.1, -0.05) is 43.3 Å². The van der Waals surface area contributed by atoms with E-state index in [4.69, 9.17) is 0 Å². The summed E-state index contributed by atoms with van der Waals surface area (Å²) in [5.41, 5.74) is 4.57. The van der Waals surface area contributed by atoms with E-state index in [0.29, 0.717) is 0 Å². The van der Waals surface area contributed by atoms with Crippen molar-refractivity contribution in [3.63, 3.8) is 0 Å². The number of hydrogen-bond donors (Lipinski definition) is 0. The number of hydrogen-bond acceptors (Lipinski definition) is 1. The Kier molecular flexibility index (Phi) is 2.22. The molecule has 0 nitrogen and oxygen atoms in total. The molecule has 1 heteroatoms. The van der Waals surface area contributed by atoms with Crippen molar-refractivity contribution in [2.75, 3.05) is 0 Å². The van der Waals surface area contributed by atoms with Crippen molar-refractivity contribution in [3.05, 3.63) is 64.4 Å². The van der Waals surface area contributed by atoms with Crippen LogP contribution in [0.4, 0.5) is 0 Å². The SMILES string of the molecule is C[C@]1(c2ccccc2)C=C(c2ccsc2)C1. The van der Waals surface area contributed by atoms with Crippen LogP contribution in [0.25, 0.3) is 5.57 Å². The van der Waals surface area contributed by atoms with Crippen LogP contribution in [0.15, 0.2) is 53.2 Å². The lowest BCUT2D eigenvalue weighted by Crippen LogP contribution is -2.27. The molecule has 0 N–H and O–H groups in total. The highest BCUT2D eigenvalue weighted by atomic mass is 32.1. The van der Waals surface area contributed by atoms with E-state index >= 15 is 0 Å². The first kappa shape index (κ1) is 9.86. The van der Waals surface area contributed by atoms with E-state index in [9.17, 15) is 0 Å². The molecule has 0 saturated heterocycles. The molecule has 3 rings (SSSR count). The molecule has 0 aliphatic heterocycles. The zero-order valence-electron chi connectivity index (χ0n) is 9.31. The van der Waals surface area contributed by atoms with E-state index in [1.54, 1.807) is 11.3 Å². The summed E-state index contributed by atoms with van der Waals surface area (Å²) in [6, 6.07) is 13.0. The molecular formula is C15H14S. The van der Waals surface area contributed by atoms with Gasteiger partial charge in [-0.05, 0) is 39.9 Å². The first-order chi connectivity index (χ1) is 7.78. The fourth-order valence-corrected chi connectivity index (χ4v) is 3.07. The van der Waals surface area contributed by atoms with Gasteiger partial charge >= 0.3 is 0 Å². The average Bonchev–Trinajstić information content (AvgIpc) is 2.79. The molecule has 0 unspecified atom stereocenters. The van der Waals surface area contributed by atoms with Gasteiger partial charge in [-0.3, -0.25) is 0 Å². The van der Waals surface area contributed by atoms with Gasteiger partial charge in [0, 0.05) is 5.41 Å². The molecule has 1 atom stereocenters. The predicted octanol–water partition coefficient (Wildman–Crippen LogP) is 4.49. The largest absolute Gasteiger partial charge is 0.152 e. The van der Waals surface area contributed by atoms with Crippen molar-refractivity contribution in [1.82, 2.24) is 0 Å². The minimum absolute atomic E-state index is 0.249. The summed E-state index contributed by atoms with van der Waals surface area (Å²) in [5, 5.41) is 4.38. The molecule has 2 aromatic rings. The fraction of sp³-hybridized carbons (Fsp3) is 0.200. The van der Waals surface area contributed by atoms with Gasteiger partial charge in [0.05, 0.1) is 0 Å². The molecule has 1 aliphatic carbocycles. The van der Waals surface area contributed by atoms with Crippen LogP contribution in [-0.2, 0) is 5.41 Å². The van der Waals surface area contributed by atoms with Crippen LogP contribution in [0.2, 0.25) is 0 Å². The number of allylic oxidation sites excluding steroid dienone is 2. The monoisotopic (exact) mass is 226 g/mol. The van der Waals surface area contributed by atoms with Crippen LogP contribution in [0.1, 0.15) is 24.5 Å². The van der Waals surface area contributed by atoms with Crippen LogP contribution < -0.4 is 0 Å². The predicted molar refractivity (Wildman–Crippen MR) is 70.7 cm³/mol. The van der Waals surface area contributed by atoms with Crippen LogP contribution in [-0.4, -0.2) is 0 Å². The third-order valence-corrected chi connectivity index (χ3v) is 4.06. The van der Waals surface area contributed by atoms with Crippen molar-refractivity contribution >= 4 is 16.9 Å². The third kappa shape index (κ3) is 1.52. The highest BCUT2D eigenvalue weighted by Crippen LogP contribution is 2.46. The summed E-state index contributed by atoms with van der Waals surface area (Å²) in [6.07, 6.45) is 3.57. The van der Waals surface area contributed by atoms with Crippen LogP contribution in [0.5, 0.6) is 0 Å². The van der Waals surface area contributed by atoms with Gasteiger partial charge in [-0.15, -0.1) is 0 Å². The van der Waals surface area contributed by atoms with Crippen LogP contribution in [0, 0.1) is 0 Å². The normalized spacial score (nSPS) is 23.7. The van der Waals surface area contributed by atoms with Crippen LogP contribution >= 0.6 is 11.3 Å². The van der Waals surface area contributed by atoms with Crippen molar-refractivity contribution in [3.8, 4) is 0 Å². The van der Waals surface area contributed by atoms with Gasteiger partial charge < -0.3 is 0 Å². The zero-order valence-corrected chi connectivity index (χ0v) is 10.1. The second-order valence-electron chi connectivity index (χ2n) is 4.64. The number of benzene rings is 1. The van der Waals surface area contributed by atoms with E-state index < -0.39 is 0 Å².